The highest BCUT2D eigenvalue weighted by atomic mass is 16.5. The third kappa shape index (κ3) is 3.06. The van der Waals surface area contributed by atoms with Crippen LogP contribution < -0.4 is 14.2 Å². The van der Waals surface area contributed by atoms with Gasteiger partial charge in [-0.3, -0.25) is 9.98 Å². The van der Waals surface area contributed by atoms with E-state index in [4.69, 9.17) is 14.2 Å². The third-order valence-corrected chi connectivity index (χ3v) is 2.70. The van der Waals surface area contributed by atoms with Crippen LogP contribution in [0.2, 0.25) is 0 Å². The number of rotatable bonds is 5. The molecule has 2 rings (SSSR count). The first kappa shape index (κ1) is 13.9. The maximum Gasteiger partial charge on any atom is 0.203 e. The number of hydrogen-bond donors (Lipinski definition) is 0. The molecule has 0 bridgehead atoms. The fourth-order valence-corrected chi connectivity index (χ4v) is 1.74. The number of methoxy groups -OCH3 is 3. The summed E-state index contributed by atoms with van der Waals surface area (Å²) >= 11 is 0. The summed E-state index contributed by atoms with van der Waals surface area (Å²) in [5.41, 5.74) is 1.63. The summed E-state index contributed by atoms with van der Waals surface area (Å²) in [4.78, 5) is 8.42. The van der Waals surface area contributed by atoms with Crippen molar-refractivity contribution >= 4 is 11.9 Å². The molecule has 1 heterocycles. The lowest BCUT2D eigenvalue weighted by molar-refractivity contribution is 0.324. The van der Waals surface area contributed by atoms with Crippen molar-refractivity contribution in [3.63, 3.8) is 0 Å². The Balaban J connectivity index is 2.35. The molecule has 0 aliphatic rings. The van der Waals surface area contributed by atoms with Gasteiger partial charge in [-0.25, -0.2) is 0 Å². The molecule has 0 aliphatic heterocycles. The van der Waals surface area contributed by atoms with Gasteiger partial charge in [0, 0.05) is 36.3 Å². The molecule has 0 fully saturated rings. The van der Waals surface area contributed by atoms with E-state index in [9.17, 15) is 0 Å². The minimum Gasteiger partial charge on any atom is -0.493 e. The Morgan fingerprint density at radius 3 is 2.25 bits per heavy atom. The molecule has 5 nitrogen and oxygen atoms in total. The summed E-state index contributed by atoms with van der Waals surface area (Å²) in [6, 6.07) is 7.35. The second-order valence-corrected chi connectivity index (χ2v) is 3.93. The van der Waals surface area contributed by atoms with Crippen LogP contribution in [0.15, 0.2) is 41.7 Å². The molecule has 0 saturated carbocycles. The van der Waals surface area contributed by atoms with Gasteiger partial charge in [0.1, 0.15) is 0 Å². The van der Waals surface area contributed by atoms with Crippen molar-refractivity contribution in [2.45, 2.75) is 0 Å². The molecule has 1 aromatic carbocycles. The van der Waals surface area contributed by atoms with Crippen LogP contribution in [0.25, 0.3) is 0 Å². The molecule has 0 saturated heterocycles. The standard InChI is InChI=1S/C15H16N2O3/c1-18-13-7-12(8-14(19-2)15(13)20-3)17-10-11-5-4-6-16-9-11/h4-10H,1-3H3. The molecule has 0 atom stereocenters. The number of aliphatic imine (C=N–C) groups is 1. The van der Waals surface area contributed by atoms with Gasteiger partial charge in [0.15, 0.2) is 11.5 Å². The number of nitrogens with zero attached hydrogens (tertiary/aromatic N) is 2. The fourth-order valence-electron chi connectivity index (χ4n) is 1.74. The van der Waals surface area contributed by atoms with Crippen molar-refractivity contribution < 1.29 is 14.2 Å². The van der Waals surface area contributed by atoms with Gasteiger partial charge < -0.3 is 14.2 Å². The average molecular weight is 272 g/mol. The van der Waals surface area contributed by atoms with Crippen molar-refractivity contribution in [1.82, 2.24) is 4.98 Å². The van der Waals surface area contributed by atoms with Crippen LogP contribution >= 0.6 is 0 Å². The molecular weight excluding hydrogens is 256 g/mol. The maximum absolute atomic E-state index is 5.28. The topological polar surface area (TPSA) is 52.9 Å². The van der Waals surface area contributed by atoms with E-state index in [1.54, 1.807) is 52.1 Å². The van der Waals surface area contributed by atoms with E-state index < -0.39 is 0 Å². The number of benzene rings is 1. The molecule has 0 radical (unpaired) electrons. The molecule has 0 amide bonds. The third-order valence-electron chi connectivity index (χ3n) is 2.70. The molecule has 1 aromatic heterocycles. The van der Waals surface area contributed by atoms with Gasteiger partial charge in [0.25, 0.3) is 0 Å². The monoisotopic (exact) mass is 272 g/mol. The molecular formula is C15H16N2O3. The highest BCUT2D eigenvalue weighted by molar-refractivity contribution is 5.82. The molecule has 20 heavy (non-hydrogen) atoms. The van der Waals surface area contributed by atoms with Crippen molar-refractivity contribution in [2.24, 2.45) is 4.99 Å². The molecule has 2 aromatic rings. The highest BCUT2D eigenvalue weighted by Crippen LogP contribution is 2.40. The second kappa shape index (κ2) is 6.56. The number of hydrogen-bond acceptors (Lipinski definition) is 5. The minimum atomic E-state index is 0.551. The van der Waals surface area contributed by atoms with Gasteiger partial charge in [0.2, 0.25) is 5.75 Å². The largest absolute Gasteiger partial charge is 0.493 e. The van der Waals surface area contributed by atoms with Crippen LogP contribution in [0.5, 0.6) is 17.2 Å². The SMILES string of the molecule is COc1cc(N=Cc2cccnc2)cc(OC)c1OC. The maximum atomic E-state index is 5.28. The van der Waals surface area contributed by atoms with Gasteiger partial charge >= 0.3 is 0 Å². The minimum absolute atomic E-state index is 0.551. The Hall–Kier alpha value is -2.56. The summed E-state index contributed by atoms with van der Waals surface area (Å²) in [5.74, 6) is 1.70. The van der Waals surface area contributed by atoms with E-state index in [1.165, 1.54) is 0 Å². The summed E-state index contributed by atoms with van der Waals surface area (Å²) in [7, 11) is 4.72. The first-order valence-corrected chi connectivity index (χ1v) is 6.02. The zero-order valence-electron chi connectivity index (χ0n) is 11.7. The molecule has 104 valence electrons. The first-order chi connectivity index (χ1) is 9.78. The lowest BCUT2D eigenvalue weighted by atomic mass is 10.2. The Bertz CT molecular complexity index is 572. The summed E-state index contributed by atoms with van der Waals surface area (Å²) in [5, 5.41) is 0. The van der Waals surface area contributed by atoms with Crippen LogP contribution in [0.3, 0.4) is 0 Å². The van der Waals surface area contributed by atoms with E-state index in [-0.39, 0.29) is 0 Å². The van der Waals surface area contributed by atoms with E-state index >= 15 is 0 Å². The van der Waals surface area contributed by atoms with Gasteiger partial charge in [0.05, 0.1) is 27.0 Å². The number of aromatic nitrogens is 1. The smallest absolute Gasteiger partial charge is 0.203 e. The average Bonchev–Trinajstić information content (AvgIpc) is 2.52. The highest BCUT2D eigenvalue weighted by Gasteiger charge is 2.12. The van der Waals surface area contributed by atoms with Crippen LogP contribution in [0.4, 0.5) is 5.69 Å². The number of pyridine rings is 1. The van der Waals surface area contributed by atoms with Gasteiger partial charge in [-0.05, 0) is 6.07 Å². The fraction of sp³-hybridized carbons (Fsp3) is 0.200. The summed E-state index contributed by atoms with van der Waals surface area (Å²) < 4.78 is 15.8. The molecule has 0 N–H and O–H groups in total. The van der Waals surface area contributed by atoms with Gasteiger partial charge in [-0.15, -0.1) is 0 Å². The van der Waals surface area contributed by atoms with Crippen molar-refractivity contribution in [3.8, 4) is 17.2 Å². The number of ether oxygens (including phenoxy) is 3. The van der Waals surface area contributed by atoms with E-state index in [0.29, 0.717) is 22.9 Å². The van der Waals surface area contributed by atoms with Crippen LogP contribution in [0.1, 0.15) is 5.56 Å². The Morgan fingerprint density at radius 1 is 1.05 bits per heavy atom. The zero-order valence-corrected chi connectivity index (χ0v) is 11.7. The molecule has 0 aliphatic carbocycles. The Morgan fingerprint density at radius 2 is 1.75 bits per heavy atom. The van der Waals surface area contributed by atoms with Crippen LogP contribution in [-0.2, 0) is 0 Å². The predicted octanol–water partition coefficient (Wildman–Crippen LogP) is 2.86. The molecule has 5 heteroatoms. The zero-order chi connectivity index (χ0) is 14.4. The summed E-state index contributed by atoms with van der Waals surface area (Å²) in [6.07, 6.45) is 5.19. The lowest BCUT2D eigenvalue weighted by Crippen LogP contribution is -1.94. The predicted molar refractivity (Wildman–Crippen MR) is 77.6 cm³/mol. The van der Waals surface area contributed by atoms with E-state index in [0.717, 1.165) is 5.56 Å². The van der Waals surface area contributed by atoms with Crippen molar-refractivity contribution in [2.75, 3.05) is 21.3 Å². The Kier molecular flexibility index (Phi) is 4.55. The van der Waals surface area contributed by atoms with Crippen molar-refractivity contribution in [1.29, 1.82) is 0 Å². The van der Waals surface area contributed by atoms with Crippen LogP contribution in [-0.4, -0.2) is 32.5 Å². The van der Waals surface area contributed by atoms with E-state index in [1.807, 2.05) is 12.1 Å². The summed E-state index contributed by atoms with van der Waals surface area (Å²) in [6.45, 7) is 0. The van der Waals surface area contributed by atoms with Crippen LogP contribution in [0, 0.1) is 0 Å². The lowest BCUT2D eigenvalue weighted by Gasteiger charge is -2.12. The van der Waals surface area contributed by atoms with E-state index in [2.05, 4.69) is 9.98 Å². The quantitative estimate of drug-likeness (QED) is 0.785. The van der Waals surface area contributed by atoms with Gasteiger partial charge in [-0.1, -0.05) is 6.07 Å². The molecule has 0 unspecified atom stereocenters. The van der Waals surface area contributed by atoms with Gasteiger partial charge in [-0.2, -0.15) is 0 Å². The normalized spacial score (nSPS) is 10.6. The Labute approximate surface area is 117 Å². The molecule has 0 spiro atoms. The second-order valence-electron chi connectivity index (χ2n) is 3.93. The van der Waals surface area contributed by atoms with Crippen molar-refractivity contribution in [3.05, 3.63) is 42.2 Å². The first-order valence-electron chi connectivity index (χ1n) is 6.02.